The number of carbonyl (C=O) groups excluding carboxylic acids is 1. The summed E-state index contributed by atoms with van der Waals surface area (Å²) in [4.78, 5) is 29.2. The van der Waals surface area contributed by atoms with Crippen molar-refractivity contribution in [1.82, 2.24) is 4.90 Å². The van der Waals surface area contributed by atoms with Gasteiger partial charge in [0.2, 0.25) is 12.6 Å². The molecule has 1 aromatic heterocycles. The van der Waals surface area contributed by atoms with Crippen molar-refractivity contribution < 1.29 is 32.5 Å². The van der Waals surface area contributed by atoms with Crippen LogP contribution in [0.25, 0.3) is 11.0 Å². The molecular formula is C31H28FNO7. The van der Waals surface area contributed by atoms with Crippen LogP contribution in [0, 0.1) is 5.82 Å². The number of carbonyl (C=O) groups is 1. The van der Waals surface area contributed by atoms with Gasteiger partial charge in [0.1, 0.15) is 11.4 Å². The highest BCUT2D eigenvalue weighted by atomic mass is 19.1. The van der Waals surface area contributed by atoms with E-state index in [1.54, 1.807) is 30.2 Å². The van der Waals surface area contributed by atoms with Crippen LogP contribution in [0.15, 0.2) is 63.8 Å². The smallest absolute Gasteiger partial charge is 0.291 e. The van der Waals surface area contributed by atoms with Crippen molar-refractivity contribution in [2.45, 2.75) is 38.8 Å². The summed E-state index contributed by atoms with van der Waals surface area (Å²) < 4.78 is 42.6. The lowest BCUT2D eigenvalue weighted by Gasteiger charge is -2.26. The number of halogens is 1. The molecule has 0 N–H and O–H groups in total. The standard InChI is InChI=1S/C31H28FNO7/c1-3-4-5-12-37-23-10-7-19(14-25(23)36-2)28-27-29(34)21-15-20(32)8-11-22(21)40-30(27)31(35)33(28)16-18-6-9-24-26(13-18)39-17-38-24/h6-11,13-15,28H,3-5,12,16-17H2,1-2H3. The SMILES string of the molecule is CCCCCOc1ccc(C2c3c(oc4ccc(F)cc4c3=O)C(=O)N2Cc2ccc3c(c2)OCO3)cc1OC. The molecular weight excluding hydrogens is 517 g/mol. The first-order valence-electron chi connectivity index (χ1n) is 13.2. The Hall–Kier alpha value is -4.53. The Morgan fingerprint density at radius 2 is 1.82 bits per heavy atom. The number of ether oxygens (including phenoxy) is 4. The van der Waals surface area contributed by atoms with E-state index in [-0.39, 0.29) is 35.6 Å². The predicted octanol–water partition coefficient (Wildman–Crippen LogP) is 5.98. The van der Waals surface area contributed by atoms with E-state index in [4.69, 9.17) is 23.4 Å². The molecule has 2 aliphatic heterocycles. The molecule has 0 spiro atoms. The second-order valence-corrected chi connectivity index (χ2v) is 9.80. The summed E-state index contributed by atoms with van der Waals surface area (Å²) in [6, 6.07) is 13.7. The third-order valence-corrected chi connectivity index (χ3v) is 7.23. The van der Waals surface area contributed by atoms with Crippen LogP contribution in [-0.2, 0) is 6.54 Å². The topological polar surface area (TPSA) is 87.4 Å². The van der Waals surface area contributed by atoms with Gasteiger partial charge in [-0.1, -0.05) is 31.9 Å². The van der Waals surface area contributed by atoms with Crippen molar-refractivity contribution in [3.63, 3.8) is 0 Å². The molecule has 9 heteroatoms. The normalized spacial score (nSPS) is 15.5. The van der Waals surface area contributed by atoms with Crippen LogP contribution in [0.2, 0.25) is 0 Å². The minimum absolute atomic E-state index is 0.0614. The first-order valence-corrected chi connectivity index (χ1v) is 13.2. The molecule has 4 aromatic rings. The van der Waals surface area contributed by atoms with Crippen molar-refractivity contribution in [3.8, 4) is 23.0 Å². The Bertz CT molecular complexity index is 1660. The number of benzene rings is 3. The molecule has 3 aromatic carbocycles. The Kier molecular flexibility index (Phi) is 6.79. The molecule has 1 atom stereocenters. The van der Waals surface area contributed by atoms with Gasteiger partial charge in [-0.2, -0.15) is 0 Å². The lowest BCUT2D eigenvalue weighted by atomic mass is 9.97. The third-order valence-electron chi connectivity index (χ3n) is 7.23. The fraction of sp³-hybridized carbons (Fsp3) is 0.290. The summed E-state index contributed by atoms with van der Waals surface area (Å²) in [6.07, 6.45) is 3.05. The Balaban J connectivity index is 1.45. The maximum atomic E-state index is 14.1. The van der Waals surface area contributed by atoms with Crippen LogP contribution in [0.4, 0.5) is 4.39 Å². The summed E-state index contributed by atoms with van der Waals surface area (Å²) in [5.74, 6) is 1.19. The van der Waals surface area contributed by atoms with E-state index in [9.17, 15) is 14.0 Å². The van der Waals surface area contributed by atoms with Gasteiger partial charge in [-0.15, -0.1) is 0 Å². The van der Waals surface area contributed by atoms with Crippen molar-refractivity contribution in [3.05, 3.63) is 93.1 Å². The van der Waals surface area contributed by atoms with Gasteiger partial charge in [-0.3, -0.25) is 9.59 Å². The predicted molar refractivity (Wildman–Crippen MR) is 145 cm³/mol. The van der Waals surface area contributed by atoms with Crippen LogP contribution >= 0.6 is 0 Å². The molecule has 2 aliphatic rings. The van der Waals surface area contributed by atoms with E-state index in [1.165, 1.54) is 12.1 Å². The zero-order valence-corrected chi connectivity index (χ0v) is 22.2. The van der Waals surface area contributed by atoms with Gasteiger partial charge in [0.15, 0.2) is 28.4 Å². The number of rotatable bonds is 9. The van der Waals surface area contributed by atoms with Gasteiger partial charge in [0.25, 0.3) is 5.91 Å². The number of nitrogens with zero attached hydrogens (tertiary/aromatic N) is 1. The first-order chi connectivity index (χ1) is 19.5. The number of fused-ring (bicyclic) bond motifs is 3. The molecule has 1 amide bonds. The number of hydrogen-bond donors (Lipinski definition) is 0. The lowest BCUT2D eigenvalue weighted by Crippen LogP contribution is -2.29. The molecule has 40 heavy (non-hydrogen) atoms. The highest BCUT2D eigenvalue weighted by molar-refractivity contribution is 5.99. The van der Waals surface area contributed by atoms with E-state index in [0.717, 1.165) is 30.9 Å². The van der Waals surface area contributed by atoms with Crippen molar-refractivity contribution in [2.75, 3.05) is 20.5 Å². The minimum atomic E-state index is -0.806. The van der Waals surface area contributed by atoms with Gasteiger partial charge < -0.3 is 28.3 Å². The lowest BCUT2D eigenvalue weighted by molar-refractivity contribution is 0.0714. The third kappa shape index (κ3) is 4.51. The number of methoxy groups -OCH3 is 1. The second kappa shape index (κ2) is 10.6. The van der Waals surface area contributed by atoms with Gasteiger partial charge in [0, 0.05) is 6.54 Å². The van der Waals surface area contributed by atoms with Gasteiger partial charge in [-0.05, 0) is 60.0 Å². The summed E-state index contributed by atoms with van der Waals surface area (Å²) in [6.45, 7) is 2.96. The molecule has 0 saturated carbocycles. The zero-order valence-electron chi connectivity index (χ0n) is 22.2. The van der Waals surface area contributed by atoms with Crippen molar-refractivity contribution in [2.24, 2.45) is 0 Å². The van der Waals surface area contributed by atoms with E-state index in [0.29, 0.717) is 35.2 Å². The van der Waals surface area contributed by atoms with E-state index < -0.39 is 23.2 Å². The monoisotopic (exact) mass is 545 g/mol. The fourth-order valence-electron chi connectivity index (χ4n) is 5.25. The first kappa shape index (κ1) is 25.7. The molecule has 6 rings (SSSR count). The number of hydrogen-bond acceptors (Lipinski definition) is 7. The van der Waals surface area contributed by atoms with Crippen LogP contribution < -0.4 is 24.4 Å². The van der Waals surface area contributed by atoms with Crippen LogP contribution in [0.3, 0.4) is 0 Å². The van der Waals surface area contributed by atoms with Crippen LogP contribution in [0.1, 0.15) is 59.5 Å². The summed E-state index contributed by atoms with van der Waals surface area (Å²) in [7, 11) is 1.54. The Morgan fingerprint density at radius 1 is 0.975 bits per heavy atom. The average molecular weight is 546 g/mol. The molecule has 206 valence electrons. The summed E-state index contributed by atoms with van der Waals surface area (Å²) >= 11 is 0. The maximum Gasteiger partial charge on any atom is 0.291 e. The fourth-order valence-corrected chi connectivity index (χ4v) is 5.25. The molecule has 0 bridgehead atoms. The maximum absolute atomic E-state index is 14.1. The zero-order chi connectivity index (χ0) is 27.8. The molecule has 1 unspecified atom stereocenters. The van der Waals surface area contributed by atoms with Crippen molar-refractivity contribution >= 4 is 16.9 Å². The molecule has 0 fully saturated rings. The van der Waals surface area contributed by atoms with E-state index in [1.807, 2.05) is 18.2 Å². The highest BCUT2D eigenvalue weighted by Crippen LogP contribution is 2.42. The Morgan fingerprint density at radius 3 is 2.65 bits per heavy atom. The van der Waals surface area contributed by atoms with Crippen LogP contribution in [0.5, 0.6) is 23.0 Å². The van der Waals surface area contributed by atoms with E-state index >= 15 is 0 Å². The molecule has 8 nitrogen and oxygen atoms in total. The van der Waals surface area contributed by atoms with E-state index in [2.05, 4.69) is 6.92 Å². The summed E-state index contributed by atoms with van der Waals surface area (Å²) in [5.41, 5.74) is 1.26. The van der Waals surface area contributed by atoms with Gasteiger partial charge in [-0.25, -0.2) is 4.39 Å². The number of amides is 1. The largest absolute Gasteiger partial charge is 0.493 e. The Labute approximate surface area is 229 Å². The van der Waals surface area contributed by atoms with Gasteiger partial charge >= 0.3 is 0 Å². The number of unbranched alkanes of at least 4 members (excludes halogenated alkanes) is 2. The molecule has 0 saturated heterocycles. The minimum Gasteiger partial charge on any atom is -0.493 e. The second-order valence-electron chi connectivity index (χ2n) is 9.80. The molecule has 0 aliphatic carbocycles. The van der Waals surface area contributed by atoms with Crippen molar-refractivity contribution in [1.29, 1.82) is 0 Å². The van der Waals surface area contributed by atoms with Crippen LogP contribution in [-0.4, -0.2) is 31.3 Å². The highest BCUT2D eigenvalue weighted by Gasteiger charge is 2.43. The van der Waals surface area contributed by atoms with Gasteiger partial charge in [0.05, 0.1) is 30.7 Å². The molecule has 3 heterocycles. The average Bonchev–Trinajstić information content (AvgIpc) is 3.54. The summed E-state index contributed by atoms with van der Waals surface area (Å²) in [5, 5.41) is 0.0734. The molecule has 0 radical (unpaired) electrons. The quantitative estimate of drug-likeness (QED) is 0.239.